The van der Waals surface area contributed by atoms with Crippen LogP contribution in [0.5, 0.6) is 0 Å². The first-order chi connectivity index (χ1) is 15.2. The molecule has 2 heterocycles. The third kappa shape index (κ3) is 5.34. The maximum atomic E-state index is 3.61. The van der Waals surface area contributed by atoms with Crippen LogP contribution in [0.4, 0.5) is 5.69 Å². The van der Waals surface area contributed by atoms with Crippen molar-refractivity contribution in [2.45, 2.75) is 52.5 Å². The SMILES string of the molecule is CC(C)(C)CC(C)(C)c1ccc(C2C=C(C=Cc3cccs3)NN2c2ccccc2)cc1. The van der Waals surface area contributed by atoms with E-state index in [1.54, 1.807) is 11.3 Å². The van der Waals surface area contributed by atoms with E-state index in [1.807, 2.05) is 0 Å². The first-order valence-corrected chi connectivity index (χ1v) is 12.2. The molecule has 1 unspecified atom stereocenters. The van der Waals surface area contributed by atoms with Crippen LogP contribution < -0.4 is 10.4 Å². The first-order valence-electron chi connectivity index (χ1n) is 11.4. The van der Waals surface area contributed by atoms with Crippen LogP contribution in [0.2, 0.25) is 0 Å². The van der Waals surface area contributed by atoms with Crippen molar-refractivity contribution in [2.75, 3.05) is 5.01 Å². The molecule has 0 bridgehead atoms. The number of hydrogen-bond acceptors (Lipinski definition) is 3. The summed E-state index contributed by atoms with van der Waals surface area (Å²) >= 11 is 1.75. The number of hydrogen-bond donors (Lipinski definition) is 1. The highest BCUT2D eigenvalue weighted by molar-refractivity contribution is 7.10. The molecule has 32 heavy (non-hydrogen) atoms. The Balaban J connectivity index is 1.62. The summed E-state index contributed by atoms with van der Waals surface area (Å²) in [5.74, 6) is 0. The van der Waals surface area contributed by atoms with Gasteiger partial charge in [-0.05, 0) is 70.2 Å². The second-order valence-electron chi connectivity index (χ2n) is 10.5. The van der Waals surface area contributed by atoms with Crippen LogP contribution in [0, 0.1) is 5.41 Å². The molecule has 0 aliphatic carbocycles. The van der Waals surface area contributed by atoms with Gasteiger partial charge in [0.25, 0.3) is 0 Å². The lowest BCUT2D eigenvalue weighted by molar-refractivity contribution is 0.284. The van der Waals surface area contributed by atoms with E-state index < -0.39 is 0 Å². The summed E-state index contributed by atoms with van der Waals surface area (Å²) in [6.07, 6.45) is 7.81. The highest BCUT2D eigenvalue weighted by Gasteiger charge is 2.29. The molecular formula is C29H34N2S. The van der Waals surface area contributed by atoms with E-state index in [4.69, 9.17) is 0 Å². The number of allylic oxidation sites excluding steroid dienone is 1. The summed E-state index contributed by atoms with van der Waals surface area (Å²) in [7, 11) is 0. The van der Waals surface area contributed by atoms with Gasteiger partial charge in [0.15, 0.2) is 0 Å². The zero-order valence-corrected chi connectivity index (χ0v) is 20.6. The first kappa shape index (κ1) is 22.4. The summed E-state index contributed by atoms with van der Waals surface area (Å²) in [4.78, 5) is 1.26. The molecule has 0 amide bonds. The molecule has 1 aliphatic heterocycles. The minimum atomic E-state index is 0.139. The minimum absolute atomic E-state index is 0.139. The second kappa shape index (κ2) is 8.99. The lowest BCUT2D eigenvalue weighted by Gasteiger charge is -2.33. The van der Waals surface area contributed by atoms with Crippen molar-refractivity contribution < 1.29 is 0 Å². The van der Waals surface area contributed by atoms with Crippen LogP contribution in [0.15, 0.2) is 90.0 Å². The maximum Gasteiger partial charge on any atom is 0.0958 e. The van der Waals surface area contributed by atoms with Crippen LogP contribution in [0.1, 0.15) is 63.1 Å². The fourth-order valence-corrected chi connectivity index (χ4v) is 5.38. The van der Waals surface area contributed by atoms with Crippen molar-refractivity contribution in [3.8, 4) is 0 Å². The molecule has 1 aliphatic rings. The molecule has 0 saturated heterocycles. The Labute approximate surface area is 197 Å². The van der Waals surface area contributed by atoms with Gasteiger partial charge in [-0.15, -0.1) is 11.3 Å². The smallest absolute Gasteiger partial charge is 0.0958 e. The molecule has 2 nitrogen and oxygen atoms in total. The lowest BCUT2D eigenvalue weighted by Crippen LogP contribution is -2.34. The number of hydrazine groups is 1. The Morgan fingerprint density at radius 2 is 1.59 bits per heavy atom. The average molecular weight is 443 g/mol. The fraction of sp³-hybridized carbons (Fsp3) is 0.310. The Hall–Kier alpha value is -2.78. The van der Waals surface area contributed by atoms with E-state index in [1.165, 1.54) is 16.0 Å². The molecule has 3 aromatic rings. The van der Waals surface area contributed by atoms with E-state index in [-0.39, 0.29) is 11.5 Å². The number of anilines is 1. The molecule has 166 valence electrons. The predicted octanol–water partition coefficient (Wildman–Crippen LogP) is 8.13. The van der Waals surface area contributed by atoms with Crippen molar-refractivity contribution in [3.63, 3.8) is 0 Å². The van der Waals surface area contributed by atoms with Crippen LogP contribution in [-0.2, 0) is 5.41 Å². The third-order valence-corrected chi connectivity index (χ3v) is 6.71. The molecular weight excluding hydrogens is 408 g/mol. The molecule has 0 saturated carbocycles. The van der Waals surface area contributed by atoms with Gasteiger partial charge < -0.3 is 0 Å². The van der Waals surface area contributed by atoms with Gasteiger partial charge in [0.05, 0.1) is 17.4 Å². The quantitative estimate of drug-likeness (QED) is 0.414. The summed E-state index contributed by atoms with van der Waals surface area (Å²) in [6, 6.07) is 24.1. The van der Waals surface area contributed by atoms with Gasteiger partial charge in [-0.2, -0.15) is 0 Å². The summed E-state index contributed by atoms with van der Waals surface area (Å²) in [5.41, 5.74) is 9.01. The lowest BCUT2D eigenvalue weighted by atomic mass is 9.72. The normalized spacial score (nSPS) is 17.0. The van der Waals surface area contributed by atoms with Gasteiger partial charge in [-0.25, -0.2) is 0 Å². The molecule has 0 spiro atoms. The van der Waals surface area contributed by atoms with E-state index in [2.05, 4.69) is 135 Å². The maximum absolute atomic E-state index is 3.61. The molecule has 2 aromatic carbocycles. The van der Waals surface area contributed by atoms with Gasteiger partial charge in [0.1, 0.15) is 0 Å². The summed E-state index contributed by atoms with van der Waals surface area (Å²) in [6.45, 7) is 11.7. The van der Waals surface area contributed by atoms with E-state index in [9.17, 15) is 0 Å². The van der Waals surface area contributed by atoms with E-state index in [0.29, 0.717) is 5.41 Å². The van der Waals surface area contributed by atoms with Crippen LogP contribution >= 0.6 is 11.3 Å². The molecule has 1 aromatic heterocycles. The molecule has 3 heteroatoms. The zero-order valence-electron chi connectivity index (χ0n) is 19.8. The largest absolute Gasteiger partial charge is 0.298 e. The van der Waals surface area contributed by atoms with Gasteiger partial charge >= 0.3 is 0 Å². The average Bonchev–Trinajstić information content (AvgIpc) is 3.41. The number of benzene rings is 2. The van der Waals surface area contributed by atoms with E-state index >= 15 is 0 Å². The Morgan fingerprint density at radius 3 is 2.22 bits per heavy atom. The topological polar surface area (TPSA) is 15.3 Å². The van der Waals surface area contributed by atoms with Gasteiger partial charge in [0.2, 0.25) is 0 Å². The van der Waals surface area contributed by atoms with Gasteiger partial charge in [-0.3, -0.25) is 10.4 Å². The number of thiophene rings is 1. The standard InChI is InChI=1S/C29H34N2S/c1-28(2,3)21-29(4,5)23-15-13-22(14-16-23)27-20-24(17-18-26-12-9-19-32-26)30-31(27)25-10-7-6-8-11-25/h6-20,27,30H,21H2,1-5H3. The Morgan fingerprint density at radius 1 is 0.875 bits per heavy atom. The highest BCUT2D eigenvalue weighted by atomic mass is 32.1. The zero-order chi connectivity index (χ0) is 22.8. The van der Waals surface area contributed by atoms with Crippen molar-refractivity contribution >= 4 is 23.1 Å². The summed E-state index contributed by atoms with van der Waals surface area (Å²) in [5, 5.41) is 4.36. The van der Waals surface area contributed by atoms with Crippen molar-refractivity contribution in [1.29, 1.82) is 0 Å². The van der Waals surface area contributed by atoms with Crippen molar-refractivity contribution in [3.05, 3.63) is 106 Å². The number of nitrogens with zero attached hydrogens (tertiary/aromatic N) is 1. The van der Waals surface area contributed by atoms with Crippen LogP contribution in [0.25, 0.3) is 6.08 Å². The number of para-hydroxylation sites is 1. The van der Waals surface area contributed by atoms with Gasteiger partial charge in [0, 0.05) is 4.88 Å². The predicted molar refractivity (Wildman–Crippen MR) is 140 cm³/mol. The molecule has 0 fully saturated rings. The molecule has 1 N–H and O–H groups in total. The van der Waals surface area contributed by atoms with Crippen LogP contribution in [-0.4, -0.2) is 0 Å². The number of nitrogens with one attached hydrogen (secondary N) is 1. The Kier molecular flexibility index (Phi) is 6.30. The third-order valence-electron chi connectivity index (χ3n) is 5.88. The summed E-state index contributed by atoms with van der Waals surface area (Å²) < 4.78 is 0. The second-order valence-corrected chi connectivity index (χ2v) is 11.5. The van der Waals surface area contributed by atoms with Crippen molar-refractivity contribution in [1.82, 2.24) is 5.43 Å². The van der Waals surface area contributed by atoms with Crippen molar-refractivity contribution in [2.24, 2.45) is 5.41 Å². The highest BCUT2D eigenvalue weighted by Crippen LogP contribution is 2.38. The monoisotopic (exact) mass is 442 g/mol. The number of rotatable bonds is 6. The molecule has 4 rings (SSSR count). The molecule has 1 atom stereocenters. The Bertz CT molecular complexity index is 1070. The van der Waals surface area contributed by atoms with E-state index in [0.717, 1.165) is 17.8 Å². The van der Waals surface area contributed by atoms with Gasteiger partial charge in [-0.1, -0.05) is 83.1 Å². The molecule has 0 radical (unpaired) electrons. The minimum Gasteiger partial charge on any atom is -0.298 e. The van der Waals surface area contributed by atoms with Crippen LogP contribution in [0.3, 0.4) is 0 Å². The fourth-order valence-electron chi connectivity index (χ4n) is 4.76.